The van der Waals surface area contributed by atoms with Crippen molar-refractivity contribution in [2.24, 2.45) is 0 Å². The number of benzene rings is 1. The van der Waals surface area contributed by atoms with Gasteiger partial charge >= 0.3 is 10.2 Å². The summed E-state index contributed by atoms with van der Waals surface area (Å²) in [6, 6.07) is 3.51. The van der Waals surface area contributed by atoms with Crippen molar-refractivity contribution in [2.75, 3.05) is 18.8 Å². The van der Waals surface area contributed by atoms with E-state index in [-0.39, 0.29) is 17.0 Å². The van der Waals surface area contributed by atoms with Gasteiger partial charge in [0.1, 0.15) is 5.82 Å². The highest BCUT2D eigenvalue weighted by Crippen LogP contribution is 2.18. The number of rotatable bonds is 4. The number of nitrogens with one attached hydrogen (secondary N) is 1. The van der Waals surface area contributed by atoms with Crippen molar-refractivity contribution >= 4 is 21.7 Å². The Kier molecular flexibility index (Phi) is 3.84. The average molecular weight is 260 g/mol. The van der Waals surface area contributed by atoms with E-state index in [9.17, 15) is 17.6 Å². The third kappa shape index (κ3) is 3.24. The van der Waals surface area contributed by atoms with Gasteiger partial charge in [-0.05, 0) is 25.1 Å². The number of anilines is 1. The normalized spacial score (nSPS) is 11.6. The molecule has 0 atom stereocenters. The van der Waals surface area contributed by atoms with Gasteiger partial charge in [-0.3, -0.25) is 9.52 Å². The number of hydrogen-bond acceptors (Lipinski definition) is 3. The van der Waals surface area contributed by atoms with Crippen LogP contribution in [0.15, 0.2) is 18.2 Å². The lowest BCUT2D eigenvalue weighted by Crippen LogP contribution is -2.29. The number of carbonyl (C=O) groups is 1. The van der Waals surface area contributed by atoms with Gasteiger partial charge in [0.05, 0.1) is 5.69 Å². The van der Waals surface area contributed by atoms with Crippen LogP contribution in [0.25, 0.3) is 0 Å². The van der Waals surface area contributed by atoms with Crippen LogP contribution in [-0.2, 0) is 10.2 Å². The topological polar surface area (TPSA) is 66.5 Å². The number of hydrogen-bond donors (Lipinski definition) is 1. The number of Topliss-reactive ketones (excluding diaryl/α,β-unsaturated/α-hetero) is 1. The number of nitrogens with zero attached hydrogens (tertiary/aromatic N) is 1. The van der Waals surface area contributed by atoms with E-state index in [4.69, 9.17) is 0 Å². The Bertz CT molecular complexity index is 540. The summed E-state index contributed by atoms with van der Waals surface area (Å²) in [5.41, 5.74) is -0.00532. The van der Waals surface area contributed by atoms with Crippen LogP contribution < -0.4 is 4.72 Å². The second-order valence-corrected chi connectivity index (χ2v) is 5.52. The number of carbonyl (C=O) groups excluding carboxylic acids is 1. The molecule has 5 nitrogen and oxygen atoms in total. The Morgan fingerprint density at radius 3 is 2.41 bits per heavy atom. The van der Waals surface area contributed by atoms with Gasteiger partial charge < -0.3 is 0 Å². The smallest absolute Gasteiger partial charge is 0.295 e. The largest absolute Gasteiger partial charge is 0.301 e. The van der Waals surface area contributed by atoms with Gasteiger partial charge in [-0.2, -0.15) is 12.7 Å². The highest BCUT2D eigenvalue weighted by Gasteiger charge is 2.16. The summed E-state index contributed by atoms with van der Waals surface area (Å²) >= 11 is 0. The molecule has 0 aliphatic rings. The molecule has 0 aliphatic heterocycles. The number of ketones is 1. The van der Waals surface area contributed by atoms with Crippen molar-refractivity contribution < 1.29 is 17.6 Å². The van der Waals surface area contributed by atoms with Crippen LogP contribution in [0.4, 0.5) is 10.1 Å². The molecule has 0 fully saturated rings. The van der Waals surface area contributed by atoms with Crippen molar-refractivity contribution in [1.82, 2.24) is 4.31 Å². The van der Waals surface area contributed by atoms with Gasteiger partial charge in [-0.1, -0.05) is 0 Å². The first-order chi connectivity index (χ1) is 7.74. The minimum absolute atomic E-state index is 0.239. The first kappa shape index (κ1) is 13.6. The van der Waals surface area contributed by atoms with Crippen LogP contribution in [0.3, 0.4) is 0 Å². The second-order valence-electron chi connectivity index (χ2n) is 3.64. The third-order valence-electron chi connectivity index (χ3n) is 2.09. The van der Waals surface area contributed by atoms with Crippen molar-refractivity contribution in [3.8, 4) is 0 Å². The van der Waals surface area contributed by atoms with Crippen molar-refractivity contribution in [2.45, 2.75) is 6.92 Å². The summed E-state index contributed by atoms with van der Waals surface area (Å²) in [6.07, 6.45) is 0. The van der Waals surface area contributed by atoms with E-state index in [2.05, 4.69) is 4.72 Å². The third-order valence-corrected chi connectivity index (χ3v) is 3.53. The summed E-state index contributed by atoms with van der Waals surface area (Å²) in [4.78, 5) is 11.1. The highest BCUT2D eigenvalue weighted by atomic mass is 32.2. The van der Waals surface area contributed by atoms with Crippen molar-refractivity contribution in [3.05, 3.63) is 29.6 Å². The maximum atomic E-state index is 13.4. The zero-order valence-corrected chi connectivity index (χ0v) is 10.5. The molecule has 0 spiro atoms. The van der Waals surface area contributed by atoms with Crippen LogP contribution in [0, 0.1) is 5.82 Å². The standard InChI is InChI=1S/C10H13FN2O3S/c1-7(14)8-4-5-9(11)10(6-8)12-17(15,16)13(2)3/h4-6,12H,1-3H3. The molecular formula is C10H13FN2O3S. The molecule has 0 heterocycles. The van der Waals surface area contributed by atoms with Gasteiger partial charge in [0.15, 0.2) is 5.78 Å². The predicted molar refractivity (Wildman–Crippen MR) is 62.6 cm³/mol. The molecular weight excluding hydrogens is 247 g/mol. The molecule has 7 heteroatoms. The first-order valence-corrected chi connectivity index (χ1v) is 6.19. The van der Waals surface area contributed by atoms with E-state index in [1.807, 2.05) is 0 Å². The zero-order valence-electron chi connectivity index (χ0n) is 9.69. The molecule has 0 saturated carbocycles. The van der Waals surface area contributed by atoms with Crippen LogP contribution in [0.1, 0.15) is 17.3 Å². The Balaban J connectivity index is 3.15. The van der Waals surface area contributed by atoms with Crippen LogP contribution in [0.5, 0.6) is 0 Å². The van der Waals surface area contributed by atoms with Gasteiger partial charge in [-0.15, -0.1) is 0 Å². The molecule has 0 radical (unpaired) electrons. The van der Waals surface area contributed by atoms with Crippen LogP contribution >= 0.6 is 0 Å². The molecule has 0 aliphatic carbocycles. The Morgan fingerprint density at radius 2 is 1.94 bits per heavy atom. The van der Waals surface area contributed by atoms with E-state index in [0.29, 0.717) is 0 Å². The summed E-state index contributed by atoms with van der Waals surface area (Å²) in [5.74, 6) is -1.00. The minimum Gasteiger partial charge on any atom is -0.295 e. The summed E-state index contributed by atoms with van der Waals surface area (Å²) in [5, 5.41) is 0. The van der Waals surface area contributed by atoms with Crippen LogP contribution in [-0.4, -0.2) is 32.6 Å². The van der Waals surface area contributed by atoms with Crippen LogP contribution in [0.2, 0.25) is 0 Å². The fraction of sp³-hybridized carbons (Fsp3) is 0.300. The molecule has 94 valence electrons. The van der Waals surface area contributed by atoms with E-state index in [1.54, 1.807) is 0 Å². The average Bonchev–Trinajstić information content (AvgIpc) is 2.20. The van der Waals surface area contributed by atoms with E-state index in [0.717, 1.165) is 10.4 Å². The summed E-state index contributed by atoms with van der Waals surface area (Å²) in [7, 11) is -1.16. The van der Waals surface area contributed by atoms with Gasteiger partial charge in [0.2, 0.25) is 0 Å². The molecule has 0 amide bonds. The van der Waals surface area contributed by atoms with E-state index >= 15 is 0 Å². The fourth-order valence-corrected chi connectivity index (χ4v) is 1.67. The molecule has 0 unspecified atom stereocenters. The molecule has 0 bridgehead atoms. The zero-order chi connectivity index (χ0) is 13.2. The quantitative estimate of drug-likeness (QED) is 0.828. The minimum atomic E-state index is -3.78. The molecule has 1 aromatic carbocycles. The number of halogens is 1. The maximum absolute atomic E-state index is 13.4. The monoisotopic (exact) mass is 260 g/mol. The summed E-state index contributed by atoms with van der Waals surface area (Å²) < 4.78 is 39.3. The highest BCUT2D eigenvalue weighted by molar-refractivity contribution is 7.90. The SMILES string of the molecule is CC(=O)c1ccc(F)c(NS(=O)(=O)N(C)C)c1. The van der Waals surface area contributed by atoms with Gasteiger partial charge in [0.25, 0.3) is 0 Å². The molecule has 1 rings (SSSR count). The lowest BCUT2D eigenvalue weighted by Gasteiger charge is -2.14. The molecule has 1 aromatic rings. The Morgan fingerprint density at radius 1 is 1.35 bits per heavy atom. The first-order valence-electron chi connectivity index (χ1n) is 4.75. The molecule has 0 saturated heterocycles. The van der Waals surface area contributed by atoms with Gasteiger partial charge in [0, 0.05) is 19.7 Å². The van der Waals surface area contributed by atoms with Gasteiger partial charge in [-0.25, -0.2) is 4.39 Å². The Labute approximate surface area is 99.4 Å². The lowest BCUT2D eigenvalue weighted by atomic mass is 10.1. The van der Waals surface area contributed by atoms with E-state index in [1.165, 1.54) is 33.2 Å². The molecule has 17 heavy (non-hydrogen) atoms. The van der Waals surface area contributed by atoms with Crippen molar-refractivity contribution in [1.29, 1.82) is 0 Å². The Hall–Kier alpha value is -1.47. The molecule has 1 N–H and O–H groups in total. The summed E-state index contributed by atoms with van der Waals surface area (Å²) in [6.45, 7) is 1.32. The van der Waals surface area contributed by atoms with E-state index < -0.39 is 16.0 Å². The lowest BCUT2D eigenvalue weighted by molar-refractivity contribution is 0.101. The maximum Gasteiger partial charge on any atom is 0.301 e. The second kappa shape index (κ2) is 4.80. The molecule has 0 aromatic heterocycles. The van der Waals surface area contributed by atoms with Crippen molar-refractivity contribution in [3.63, 3.8) is 0 Å². The fourth-order valence-electron chi connectivity index (χ4n) is 1.05. The predicted octanol–water partition coefficient (Wildman–Crippen LogP) is 1.25.